The van der Waals surface area contributed by atoms with Crippen LogP contribution in [0.25, 0.3) is 0 Å². The Morgan fingerprint density at radius 3 is 2.57 bits per heavy atom. The van der Waals surface area contributed by atoms with Crippen LogP contribution in [0.15, 0.2) is 36.4 Å². The highest BCUT2D eigenvalue weighted by Gasteiger charge is 2.11. The zero-order valence-electron chi connectivity index (χ0n) is 12.1. The molecule has 0 saturated heterocycles. The summed E-state index contributed by atoms with van der Waals surface area (Å²) in [5.41, 5.74) is 1.85. The van der Waals surface area contributed by atoms with Gasteiger partial charge in [0.25, 0.3) is 0 Å². The summed E-state index contributed by atoms with van der Waals surface area (Å²) in [4.78, 5) is 0. The molecule has 4 heteroatoms. The van der Waals surface area contributed by atoms with Crippen LogP contribution in [-0.2, 0) is 13.0 Å². The average molecular weight is 309 g/mol. The van der Waals surface area contributed by atoms with Crippen molar-refractivity contribution in [3.05, 3.63) is 58.4 Å². The number of hydrogen-bond donors (Lipinski definition) is 1. The van der Waals surface area contributed by atoms with Gasteiger partial charge >= 0.3 is 0 Å². The molecule has 21 heavy (non-hydrogen) atoms. The largest absolute Gasteiger partial charge is 0.453 e. The highest BCUT2D eigenvalue weighted by atomic mass is 35.5. The smallest absolute Gasteiger partial charge is 0.181 e. The van der Waals surface area contributed by atoms with Crippen molar-refractivity contribution in [3.63, 3.8) is 0 Å². The fraction of sp³-hybridized carbons (Fsp3) is 0.294. The van der Waals surface area contributed by atoms with Crippen molar-refractivity contribution in [2.45, 2.75) is 26.9 Å². The predicted molar refractivity (Wildman–Crippen MR) is 82.4 cm³/mol. The van der Waals surface area contributed by atoms with Gasteiger partial charge in [0.2, 0.25) is 0 Å². The number of para-hydroxylation sites is 1. The Labute approximate surface area is 129 Å². The first-order valence-electron chi connectivity index (χ1n) is 6.85. The molecule has 0 atom stereocenters. The molecular weight excluding hydrogens is 291 g/mol. The summed E-state index contributed by atoms with van der Waals surface area (Å²) in [6.45, 7) is 4.15. The first-order valence-corrected chi connectivity index (χ1v) is 7.23. The third-order valence-corrected chi connectivity index (χ3v) is 3.41. The van der Waals surface area contributed by atoms with Gasteiger partial charge in [-0.05, 0) is 47.7 Å². The zero-order chi connectivity index (χ0) is 15.4. The second-order valence-electron chi connectivity index (χ2n) is 5.34. The van der Waals surface area contributed by atoms with E-state index in [1.54, 1.807) is 18.2 Å². The Bertz CT molecular complexity index is 606. The number of ether oxygens (including phenoxy) is 1. The number of aliphatic hydroxyl groups excluding tert-OH is 1. The molecule has 0 fully saturated rings. The summed E-state index contributed by atoms with van der Waals surface area (Å²) < 4.78 is 19.2. The van der Waals surface area contributed by atoms with Crippen LogP contribution in [0, 0.1) is 11.7 Å². The lowest BCUT2D eigenvalue weighted by Crippen LogP contribution is -2.00. The summed E-state index contributed by atoms with van der Waals surface area (Å²) in [6.07, 6.45) is 0.872. The highest BCUT2D eigenvalue weighted by molar-refractivity contribution is 6.32. The van der Waals surface area contributed by atoms with Crippen LogP contribution in [0.4, 0.5) is 4.39 Å². The number of rotatable bonds is 5. The monoisotopic (exact) mass is 308 g/mol. The summed E-state index contributed by atoms with van der Waals surface area (Å²) >= 11 is 5.94. The fourth-order valence-corrected chi connectivity index (χ4v) is 2.35. The fourth-order valence-electron chi connectivity index (χ4n) is 2.15. The molecule has 0 heterocycles. The molecule has 0 unspecified atom stereocenters. The lowest BCUT2D eigenvalue weighted by molar-refractivity contribution is 0.279. The predicted octanol–water partition coefficient (Wildman–Crippen LogP) is 4.96. The molecule has 0 saturated carbocycles. The van der Waals surface area contributed by atoms with Gasteiger partial charge in [0.1, 0.15) is 5.75 Å². The summed E-state index contributed by atoms with van der Waals surface area (Å²) in [6, 6.07) is 9.77. The Morgan fingerprint density at radius 2 is 1.95 bits per heavy atom. The first kappa shape index (κ1) is 15.8. The topological polar surface area (TPSA) is 29.5 Å². The molecule has 0 aliphatic carbocycles. The SMILES string of the molecule is CC(C)Cc1ccc(Oc2c(F)cccc2Cl)cc1CO. The molecule has 0 amide bonds. The van der Waals surface area contributed by atoms with Crippen LogP contribution in [0.2, 0.25) is 5.02 Å². The lowest BCUT2D eigenvalue weighted by Gasteiger charge is -2.13. The van der Waals surface area contributed by atoms with Crippen molar-refractivity contribution in [3.8, 4) is 11.5 Å². The number of halogens is 2. The molecule has 0 aliphatic heterocycles. The number of aliphatic hydroxyl groups is 1. The van der Waals surface area contributed by atoms with Gasteiger partial charge in [0.15, 0.2) is 11.6 Å². The van der Waals surface area contributed by atoms with Crippen LogP contribution in [0.3, 0.4) is 0 Å². The third kappa shape index (κ3) is 3.96. The van der Waals surface area contributed by atoms with Crippen molar-refractivity contribution in [1.82, 2.24) is 0 Å². The maximum absolute atomic E-state index is 13.7. The molecule has 0 spiro atoms. The maximum atomic E-state index is 13.7. The van der Waals surface area contributed by atoms with Gasteiger partial charge in [-0.15, -0.1) is 0 Å². The van der Waals surface area contributed by atoms with E-state index in [1.807, 2.05) is 6.07 Å². The van der Waals surface area contributed by atoms with Crippen LogP contribution in [0.1, 0.15) is 25.0 Å². The minimum absolute atomic E-state index is 0.000309. The van der Waals surface area contributed by atoms with Gasteiger partial charge in [0, 0.05) is 0 Å². The second-order valence-corrected chi connectivity index (χ2v) is 5.75. The quantitative estimate of drug-likeness (QED) is 0.845. The Morgan fingerprint density at radius 1 is 1.19 bits per heavy atom. The molecule has 0 bridgehead atoms. The molecule has 2 rings (SSSR count). The molecule has 2 aromatic rings. The second kappa shape index (κ2) is 6.92. The molecule has 2 aromatic carbocycles. The van der Waals surface area contributed by atoms with Gasteiger partial charge in [-0.25, -0.2) is 4.39 Å². The molecular formula is C17H18ClFO2. The van der Waals surface area contributed by atoms with E-state index in [9.17, 15) is 9.50 Å². The van der Waals surface area contributed by atoms with E-state index >= 15 is 0 Å². The molecule has 0 radical (unpaired) electrons. The van der Waals surface area contributed by atoms with Crippen molar-refractivity contribution in [1.29, 1.82) is 0 Å². The van der Waals surface area contributed by atoms with Crippen LogP contribution < -0.4 is 4.74 Å². The third-order valence-electron chi connectivity index (χ3n) is 3.12. The number of benzene rings is 2. The highest BCUT2D eigenvalue weighted by Crippen LogP contribution is 2.33. The van der Waals surface area contributed by atoms with E-state index in [2.05, 4.69) is 13.8 Å². The normalized spacial score (nSPS) is 11.0. The van der Waals surface area contributed by atoms with Crippen LogP contribution in [0.5, 0.6) is 11.5 Å². The van der Waals surface area contributed by atoms with E-state index < -0.39 is 5.82 Å². The molecule has 0 aliphatic rings. The molecule has 0 aromatic heterocycles. The van der Waals surface area contributed by atoms with E-state index in [4.69, 9.17) is 16.3 Å². The minimum Gasteiger partial charge on any atom is -0.453 e. The van der Waals surface area contributed by atoms with Gasteiger partial charge < -0.3 is 9.84 Å². The number of hydrogen-bond acceptors (Lipinski definition) is 2. The van der Waals surface area contributed by atoms with Gasteiger partial charge in [-0.3, -0.25) is 0 Å². The van der Waals surface area contributed by atoms with E-state index in [1.165, 1.54) is 12.1 Å². The lowest BCUT2D eigenvalue weighted by atomic mass is 9.98. The average Bonchev–Trinajstić information content (AvgIpc) is 2.44. The Kier molecular flexibility index (Phi) is 5.21. The van der Waals surface area contributed by atoms with Gasteiger partial charge in [-0.1, -0.05) is 37.6 Å². The molecule has 1 N–H and O–H groups in total. The zero-order valence-corrected chi connectivity index (χ0v) is 12.8. The van der Waals surface area contributed by atoms with Crippen LogP contribution >= 0.6 is 11.6 Å². The van der Waals surface area contributed by atoms with Crippen molar-refractivity contribution in [2.75, 3.05) is 0 Å². The van der Waals surface area contributed by atoms with Crippen molar-refractivity contribution < 1.29 is 14.2 Å². The van der Waals surface area contributed by atoms with E-state index in [0.717, 1.165) is 17.5 Å². The Balaban J connectivity index is 2.29. The summed E-state index contributed by atoms with van der Waals surface area (Å²) in [7, 11) is 0. The maximum Gasteiger partial charge on any atom is 0.181 e. The summed E-state index contributed by atoms with van der Waals surface area (Å²) in [5.74, 6) is 0.431. The van der Waals surface area contributed by atoms with Crippen molar-refractivity contribution >= 4 is 11.6 Å². The molecule has 2 nitrogen and oxygen atoms in total. The Hall–Kier alpha value is -1.58. The first-order chi connectivity index (χ1) is 10.0. The van der Waals surface area contributed by atoms with Gasteiger partial charge in [0.05, 0.1) is 11.6 Å². The van der Waals surface area contributed by atoms with Crippen LogP contribution in [-0.4, -0.2) is 5.11 Å². The van der Waals surface area contributed by atoms with E-state index in [0.29, 0.717) is 11.7 Å². The summed E-state index contributed by atoms with van der Waals surface area (Å²) in [5, 5.41) is 9.69. The van der Waals surface area contributed by atoms with E-state index in [-0.39, 0.29) is 17.4 Å². The van der Waals surface area contributed by atoms with Crippen molar-refractivity contribution in [2.24, 2.45) is 5.92 Å². The molecule has 112 valence electrons. The van der Waals surface area contributed by atoms with Gasteiger partial charge in [-0.2, -0.15) is 0 Å². The standard InChI is InChI=1S/C17H18ClFO2/c1-11(2)8-12-6-7-14(9-13(12)10-20)21-17-15(18)4-3-5-16(17)19/h3-7,9,11,20H,8,10H2,1-2H3. The minimum atomic E-state index is -0.515.